The van der Waals surface area contributed by atoms with Crippen LogP contribution in [0.2, 0.25) is 0 Å². The van der Waals surface area contributed by atoms with Crippen molar-refractivity contribution in [1.29, 1.82) is 0 Å². The van der Waals surface area contributed by atoms with Gasteiger partial charge in [0.2, 0.25) is 0 Å². The molecule has 13 heavy (non-hydrogen) atoms. The first-order valence-corrected chi connectivity index (χ1v) is 4.93. The molecule has 0 amide bonds. The molecule has 0 saturated carbocycles. The summed E-state index contributed by atoms with van der Waals surface area (Å²) in [5, 5.41) is 0. The summed E-state index contributed by atoms with van der Waals surface area (Å²) in [5.41, 5.74) is 0.996. The van der Waals surface area contributed by atoms with Gasteiger partial charge in [0, 0.05) is 18.8 Å². The van der Waals surface area contributed by atoms with Crippen molar-refractivity contribution in [2.75, 3.05) is 13.1 Å². The molecule has 0 saturated heterocycles. The van der Waals surface area contributed by atoms with Crippen LogP contribution in [-0.2, 0) is 0 Å². The van der Waals surface area contributed by atoms with Crippen molar-refractivity contribution < 1.29 is 0 Å². The van der Waals surface area contributed by atoms with E-state index in [1.165, 1.54) is 19.3 Å². The van der Waals surface area contributed by atoms with Crippen LogP contribution in [0.25, 0.3) is 0 Å². The van der Waals surface area contributed by atoms with Gasteiger partial charge in [0.1, 0.15) is 0 Å². The van der Waals surface area contributed by atoms with Crippen molar-refractivity contribution >= 4 is 0 Å². The van der Waals surface area contributed by atoms with E-state index in [4.69, 9.17) is 0 Å². The van der Waals surface area contributed by atoms with E-state index in [9.17, 15) is 0 Å². The number of hydrogen-bond acceptors (Lipinski definition) is 1. The van der Waals surface area contributed by atoms with Crippen LogP contribution in [-0.4, -0.2) is 18.0 Å². The summed E-state index contributed by atoms with van der Waals surface area (Å²) >= 11 is 0. The lowest BCUT2D eigenvalue weighted by atomic mass is 10.2. The molecule has 0 bridgehead atoms. The van der Waals surface area contributed by atoms with E-state index in [0.717, 1.165) is 18.8 Å². The van der Waals surface area contributed by atoms with Gasteiger partial charge in [-0.1, -0.05) is 39.0 Å². The Morgan fingerprint density at radius 1 is 1.31 bits per heavy atom. The van der Waals surface area contributed by atoms with E-state index in [1.54, 1.807) is 6.08 Å². The summed E-state index contributed by atoms with van der Waals surface area (Å²) in [6, 6.07) is 0. The lowest BCUT2D eigenvalue weighted by Crippen LogP contribution is -2.22. The number of rotatable bonds is 8. The Hall–Kier alpha value is -0.980. The molecule has 0 unspecified atom stereocenters. The predicted molar refractivity (Wildman–Crippen MR) is 60.6 cm³/mol. The third kappa shape index (κ3) is 5.29. The monoisotopic (exact) mass is 179 g/mol. The molecule has 0 heterocycles. The topological polar surface area (TPSA) is 3.24 Å². The highest BCUT2D eigenvalue weighted by molar-refractivity contribution is 5.10. The van der Waals surface area contributed by atoms with Crippen LogP contribution in [0.15, 0.2) is 37.6 Å². The van der Waals surface area contributed by atoms with Gasteiger partial charge in [0.25, 0.3) is 0 Å². The van der Waals surface area contributed by atoms with Crippen molar-refractivity contribution in [2.24, 2.45) is 0 Å². The molecule has 74 valence electrons. The quantitative estimate of drug-likeness (QED) is 0.314. The number of hydrogen-bond donors (Lipinski definition) is 0. The van der Waals surface area contributed by atoms with Gasteiger partial charge in [-0.3, -0.25) is 0 Å². The molecule has 0 aliphatic rings. The van der Waals surface area contributed by atoms with Crippen molar-refractivity contribution in [3.05, 3.63) is 37.6 Å². The second-order valence-electron chi connectivity index (χ2n) is 3.14. The summed E-state index contributed by atoms with van der Waals surface area (Å²) in [7, 11) is 0. The molecule has 0 spiro atoms. The Morgan fingerprint density at radius 3 is 2.46 bits per heavy atom. The molecular weight excluding hydrogens is 158 g/mol. The highest BCUT2D eigenvalue weighted by atomic mass is 15.1. The van der Waals surface area contributed by atoms with E-state index in [2.05, 4.69) is 31.6 Å². The maximum Gasteiger partial charge on any atom is 0.0356 e. The van der Waals surface area contributed by atoms with Crippen molar-refractivity contribution in [2.45, 2.75) is 26.2 Å². The van der Waals surface area contributed by atoms with Crippen LogP contribution in [0.3, 0.4) is 0 Å². The van der Waals surface area contributed by atoms with Gasteiger partial charge in [-0.2, -0.15) is 0 Å². The first kappa shape index (κ1) is 12.0. The van der Waals surface area contributed by atoms with Crippen LogP contribution in [0.1, 0.15) is 26.2 Å². The molecule has 0 radical (unpaired) electrons. The van der Waals surface area contributed by atoms with E-state index in [0.29, 0.717) is 0 Å². The molecule has 0 aromatic rings. The fourth-order valence-corrected chi connectivity index (χ4v) is 1.19. The summed E-state index contributed by atoms with van der Waals surface area (Å²) in [6.07, 6.45) is 7.45. The Bertz CT molecular complexity index is 170. The lowest BCUT2D eigenvalue weighted by Gasteiger charge is -2.23. The summed E-state index contributed by atoms with van der Waals surface area (Å²) in [4.78, 5) is 2.20. The Morgan fingerprint density at radius 2 is 2.00 bits per heavy atom. The normalized spacial score (nSPS) is 9.31. The zero-order valence-electron chi connectivity index (χ0n) is 8.76. The SMILES string of the molecule is C=CCN(CCCCC)C(=C)C=C. The molecule has 0 fully saturated rings. The molecule has 0 aliphatic heterocycles. The average Bonchev–Trinajstić information content (AvgIpc) is 2.16. The summed E-state index contributed by atoms with van der Waals surface area (Å²) in [6.45, 7) is 15.5. The second kappa shape index (κ2) is 7.66. The molecule has 1 nitrogen and oxygen atoms in total. The van der Waals surface area contributed by atoms with E-state index < -0.39 is 0 Å². The van der Waals surface area contributed by atoms with Gasteiger partial charge in [-0.15, -0.1) is 6.58 Å². The molecule has 0 N–H and O–H groups in total. The third-order valence-electron chi connectivity index (χ3n) is 2.02. The highest BCUT2D eigenvalue weighted by Gasteiger charge is 2.01. The third-order valence-corrected chi connectivity index (χ3v) is 2.02. The molecule has 0 aromatic heterocycles. The Labute approximate surface area is 82.4 Å². The van der Waals surface area contributed by atoms with Gasteiger partial charge in [0.05, 0.1) is 0 Å². The fourth-order valence-electron chi connectivity index (χ4n) is 1.19. The number of unbranched alkanes of at least 4 members (excludes halogenated alkanes) is 2. The Kier molecular flexibility index (Phi) is 7.08. The molecule has 0 aromatic carbocycles. The van der Waals surface area contributed by atoms with Gasteiger partial charge >= 0.3 is 0 Å². The van der Waals surface area contributed by atoms with Gasteiger partial charge < -0.3 is 4.90 Å². The van der Waals surface area contributed by atoms with Gasteiger partial charge in [-0.05, 0) is 12.5 Å². The molecule has 1 heteroatoms. The summed E-state index contributed by atoms with van der Waals surface area (Å²) < 4.78 is 0. The fraction of sp³-hybridized carbons (Fsp3) is 0.500. The van der Waals surface area contributed by atoms with Crippen molar-refractivity contribution in [1.82, 2.24) is 4.90 Å². The zero-order valence-corrected chi connectivity index (χ0v) is 8.76. The van der Waals surface area contributed by atoms with Gasteiger partial charge in [-0.25, -0.2) is 0 Å². The molecule has 0 rings (SSSR count). The minimum atomic E-state index is 0.870. The first-order valence-electron chi connectivity index (χ1n) is 4.93. The van der Waals surface area contributed by atoms with Crippen LogP contribution < -0.4 is 0 Å². The van der Waals surface area contributed by atoms with Gasteiger partial charge in [0.15, 0.2) is 0 Å². The average molecular weight is 179 g/mol. The smallest absolute Gasteiger partial charge is 0.0356 e. The maximum absolute atomic E-state index is 3.93. The molecule has 0 aliphatic carbocycles. The Balaban J connectivity index is 3.86. The number of allylic oxidation sites excluding steroid dienone is 1. The van der Waals surface area contributed by atoms with Crippen molar-refractivity contribution in [3.8, 4) is 0 Å². The molecule has 0 atom stereocenters. The van der Waals surface area contributed by atoms with Crippen LogP contribution in [0.5, 0.6) is 0 Å². The van der Waals surface area contributed by atoms with Crippen LogP contribution >= 0.6 is 0 Å². The highest BCUT2D eigenvalue weighted by Crippen LogP contribution is 2.05. The minimum absolute atomic E-state index is 0.870. The van der Waals surface area contributed by atoms with Crippen LogP contribution in [0, 0.1) is 0 Å². The van der Waals surface area contributed by atoms with Crippen LogP contribution in [0.4, 0.5) is 0 Å². The second-order valence-corrected chi connectivity index (χ2v) is 3.14. The maximum atomic E-state index is 3.93. The number of nitrogens with zero attached hydrogens (tertiary/aromatic N) is 1. The van der Waals surface area contributed by atoms with E-state index in [-0.39, 0.29) is 0 Å². The zero-order chi connectivity index (χ0) is 10.1. The standard InChI is InChI=1S/C12H21N/c1-5-8-9-11-13(10-6-2)12(4)7-3/h6-7H,2-5,8-11H2,1H3. The van der Waals surface area contributed by atoms with Crippen molar-refractivity contribution in [3.63, 3.8) is 0 Å². The first-order chi connectivity index (χ1) is 6.26. The molecular formula is C12H21N. The lowest BCUT2D eigenvalue weighted by molar-refractivity contribution is 0.380. The largest absolute Gasteiger partial charge is 0.368 e. The van der Waals surface area contributed by atoms with E-state index >= 15 is 0 Å². The minimum Gasteiger partial charge on any atom is -0.368 e. The van der Waals surface area contributed by atoms with E-state index in [1.807, 2.05) is 6.08 Å². The predicted octanol–water partition coefficient (Wildman–Crippen LogP) is 3.36. The summed E-state index contributed by atoms with van der Waals surface area (Å²) in [5.74, 6) is 0.